The molecule has 0 aromatic rings. The van der Waals surface area contributed by atoms with E-state index in [0.29, 0.717) is 13.0 Å². The number of ether oxygens (including phenoxy) is 1. The van der Waals surface area contributed by atoms with Crippen molar-refractivity contribution in [3.05, 3.63) is 0 Å². The van der Waals surface area contributed by atoms with E-state index in [4.69, 9.17) is 10.5 Å². The minimum Gasteiger partial charge on any atom is -0.375 e. The summed E-state index contributed by atoms with van der Waals surface area (Å²) in [6.07, 6.45) is 6.04. The van der Waals surface area contributed by atoms with E-state index in [-0.39, 0.29) is 17.6 Å². The van der Waals surface area contributed by atoms with Crippen LogP contribution in [0.5, 0.6) is 0 Å². The zero-order chi connectivity index (χ0) is 12.3. The molecule has 1 amide bonds. The Labute approximate surface area is 103 Å². The second kappa shape index (κ2) is 5.36. The predicted octanol–water partition coefficient (Wildman–Crippen LogP) is 1.29. The van der Waals surface area contributed by atoms with E-state index >= 15 is 0 Å². The van der Waals surface area contributed by atoms with Crippen LogP contribution >= 0.6 is 0 Å². The normalized spacial score (nSPS) is 28.4. The lowest BCUT2D eigenvalue weighted by Crippen LogP contribution is -2.49. The van der Waals surface area contributed by atoms with Crippen LogP contribution in [0.2, 0.25) is 0 Å². The molecule has 17 heavy (non-hydrogen) atoms. The van der Waals surface area contributed by atoms with Crippen LogP contribution in [0.4, 0.5) is 0 Å². The average molecular weight is 240 g/mol. The van der Waals surface area contributed by atoms with E-state index < -0.39 is 0 Å². The molecule has 0 aromatic heterocycles. The highest BCUT2D eigenvalue weighted by atomic mass is 16.5. The molecule has 2 N–H and O–H groups in total. The van der Waals surface area contributed by atoms with Crippen molar-refractivity contribution >= 4 is 5.91 Å². The molecule has 0 spiro atoms. The SMILES string of the molecule is CCC1CN(C(=O)CC2(N)CCCC2)CCO1. The second-order valence-corrected chi connectivity index (χ2v) is 5.49. The first-order chi connectivity index (χ1) is 8.13. The summed E-state index contributed by atoms with van der Waals surface area (Å²) in [6, 6.07) is 0. The van der Waals surface area contributed by atoms with E-state index in [1.807, 2.05) is 4.90 Å². The molecule has 2 aliphatic rings. The quantitative estimate of drug-likeness (QED) is 0.808. The minimum atomic E-state index is -0.225. The molecule has 1 aliphatic carbocycles. The number of nitrogens with two attached hydrogens (primary N) is 1. The monoisotopic (exact) mass is 240 g/mol. The Balaban J connectivity index is 1.86. The first kappa shape index (κ1) is 12.8. The maximum Gasteiger partial charge on any atom is 0.224 e. The lowest BCUT2D eigenvalue weighted by molar-refractivity contribution is -0.140. The smallest absolute Gasteiger partial charge is 0.224 e. The highest BCUT2D eigenvalue weighted by Crippen LogP contribution is 2.30. The molecule has 1 heterocycles. The highest BCUT2D eigenvalue weighted by molar-refractivity contribution is 5.77. The molecule has 1 atom stereocenters. The van der Waals surface area contributed by atoms with Gasteiger partial charge in [-0.05, 0) is 19.3 Å². The van der Waals surface area contributed by atoms with Crippen LogP contribution in [-0.4, -0.2) is 42.1 Å². The molecule has 4 nitrogen and oxygen atoms in total. The summed E-state index contributed by atoms with van der Waals surface area (Å²) < 4.78 is 5.58. The molecular weight excluding hydrogens is 216 g/mol. The van der Waals surface area contributed by atoms with Crippen LogP contribution in [0.25, 0.3) is 0 Å². The number of rotatable bonds is 3. The van der Waals surface area contributed by atoms with Gasteiger partial charge in [0.15, 0.2) is 0 Å². The number of hydrogen-bond donors (Lipinski definition) is 1. The van der Waals surface area contributed by atoms with Gasteiger partial charge in [0.1, 0.15) is 0 Å². The molecule has 1 aliphatic heterocycles. The number of amides is 1. The first-order valence-electron chi connectivity index (χ1n) is 6.81. The summed E-state index contributed by atoms with van der Waals surface area (Å²) >= 11 is 0. The molecule has 2 rings (SSSR count). The Morgan fingerprint density at radius 3 is 2.82 bits per heavy atom. The maximum atomic E-state index is 12.2. The molecule has 1 saturated carbocycles. The van der Waals surface area contributed by atoms with Gasteiger partial charge in [0, 0.05) is 25.0 Å². The van der Waals surface area contributed by atoms with Crippen molar-refractivity contribution in [3.8, 4) is 0 Å². The summed E-state index contributed by atoms with van der Waals surface area (Å²) in [7, 11) is 0. The van der Waals surface area contributed by atoms with Crippen molar-refractivity contribution in [3.63, 3.8) is 0 Å². The van der Waals surface area contributed by atoms with Crippen LogP contribution in [0, 0.1) is 0 Å². The molecular formula is C13H24N2O2. The van der Waals surface area contributed by atoms with Gasteiger partial charge in [-0.25, -0.2) is 0 Å². The predicted molar refractivity (Wildman–Crippen MR) is 66.6 cm³/mol. The largest absolute Gasteiger partial charge is 0.375 e. The zero-order valence-electron chi connectivity index (χ0n) is 10.8. The summed E-state index contributed by atoms with van der Waals surface area (Å²) in [4.78, 5) is 14.1. The Morgan fingerprint density at radius 1 is 1.47 bits per heavy atom. The van der Waals surface area contributed by atoms with E-state index in [0.717, 1.165) is 32.4 Å². The van der Waals surface area contributed by atoms with Crippen LogP contribution in [0.15, 0.2) is 0 Å². The van der Waals surface area contributed by atoms with Crippen molar-refractivity contribution in [1.82, 2.24) is 4.90 Å². The summed E-state index contributed by atoms with van der Waals surface area (Å²) in [5.41, 5.74) is 6.03. The molecule has 1 unspecified atom stereocenters. The van der Waals surface area contributed by atoms with Gasteiger partial charge >= 0.3 is 0 Å². The van der Waals surface area contributed by atoms with Gasteiger partial charge in [0.05, 0.1) is 12.7 Å². The summed E-state index contributed by atoms with van der Waals surface area (Å²) in [5.74, 6) is 0.219. The van der Waals surface area contributed by atoms with Crippen LogP contribution < -0.4 is 5.73 Å². The fourth-order valence-corrected chi connectivity index (χ4v) is 2.86. The third kappa shape index (κ3) is 3.19. The van der Waals surface area contributed by atoms with Crippen molar-refractivity contribution in [2.45, 2.75) is 57.1 Å². The van der Waals surface area contributed by atoms with E-state index in [1.54, 1.807) is 0 Å². The third-order valence-electron chi connectivity index (χ3n) is 4.05. The van der Waals surface area contributed by atoms with Gasteiger partial charge in [-0.1, -0.05) is 19.8 Å². The molecule has 2 fully saturated rings. The first-order valence-corrected chi connectivity index (χ1v) is 6.81. The Morgan fingerprint density at radius 2 is 2.18 bits per heavy atom. The highest BCUT2D eigenvalue weighted by Gasteiger charge is 2.34. The molecule has 0 bridgehead atoms. The van der Waals surface area contributed by atoms with Gasteiger partial charge in [0.25, 0.3) is 0 Å². The lowest BCUT2D eigenvalue weighted by atomic mass is 9.94. The summed E-state index contributed by atoms with van der Waals surface area (Å²) in [6.45, 7) is 4.23. The van der Waals surface area contributed by atoms with Gasteiger partial charge in [-0.3, -0.25) is 4.79 Å². The van der Waals surface area contributed by atoms with Crippen LogP contribution in [0.1, 0.15) is 45.4 Å². The summed E-state index contributed by atoms with van der Waals surface area (Å²) in [5, 5.41) is 0. The zero-order valence-corrected chi connectivity index (χ0v) is 10.8. The standard InChI is InChI=1S/C13H24N2O2/c1-2-11-10-15(7-8-17-11)12(16)9-13(14)5-3-4-6-13/h11H,2-10,14H2,1H3. The molecule has 98 valence electrons. The molecule has 1 saturated heterocycles. The molecule has 0 aromatic carbocycles. The molecule has 4 heteroatoms. The number of hydrogen-bond acceptors (Lipinski definition) is 3. The minimum absolute atomic E-state index is 0.213. The topological polar surface area (TPSA) is 55.6 Å². The average Bonchev–Trinajstić information content (AvgIpc) is 2.76. The van der Waals surface area contributed by atoms with Gasteiger partial charge < -0.3 is 15.4 Å². The van der Waals surface area contributed by atoms with Crippen molar-refractivity contribution in [1.29, 1.82) is 0 Å². The number of carbonyl (C=O) groups is 1. The number of carbonyl (C=O) groups excluding carboxylic acids is 1. The Kier molecular flexibility index (Phi) is 4.05. The Bertz CT molecular complexity index is 275. The fraction of sp³-hybridized carbons (Fsp3) is 0.923. The number of morpholine rings is 1. The van der Waals surface area contributed by atoms with Crippen molar-refractivity contribution in [2.75, 3.05) is 19.7 Å². The van der Waals surface area contributed by atoms with E-state index in [2.05, 4.69) is 6.92 Å². The fourth-order valence-electron chi connectivity index (χ4n) is 2.86. The number of nitrogens with zero attached hydrogens (tertiary/aromatic N) is 1. The second-order valence-electron chi connectivity index (χ2n) is 5.49. The van der Waals surface area contributed by atoms with Crippen molar-refractivity contribution in [2.24, 2.45) is 5.73 Å². The maximum absolute atomic E-state index is 12.2. The van der Waals surface area contributed by atoms with Crippen molar-refractivity contribution < 1.29 is 9.53 Å². The molecule has 0 radical (unpaired) electrons. The van der Waals surface area contributed by atoms with E-state index in [1.165, 1.54) is 12.8 Å². The Hall–Kier alpha value is -0.610. The third-order valence-corrected chi connectivity index (χ3v) is 4.05. The van der Waals surface area contributed by atoms with Gasteiger partial charge in [0.2, 0.25) is 5.91 Å². The van der Waals surface area contributed by atoms with E-state index in [9.17, 15) is 4.79 Å². The van der Waals surface area contributed by atoms with Gasteiger partial charge in [-0.15, -0.1) is 0 Å². The van der Waals surface area contributed by atoms with Crippen LogP contribution in [0.3, 0.4) is 0 Å². The lowest BCUT2D eigenvalue weighted by Gasteiger charge is -2.34. The van der Waals surface area contributed by atoms with Gasteiger partial charge in [-0.2, -0.15) is 0 Å². The van der Waals surface area contributed by atoms with Crippen LogP contribution in [-0.2, 0) is 9.53 Å².